The predicted octanol–water partition coefficient (Wildman–Crippen LogP) is 5.45. The molecule has 0 saturated carbocycles. The summed E-state index contributed by atoms with van der Waals surface area (Å²) >= 11 is 0. The zero-order valence-electron chi connectivity index (χ0n) is 28.0. The summed E-state index contributed by atoms with van der Waals surface area (Å²) < 4.78 is 12.7. The molecule has 3 saturated heterocycles. The minimum atomic E-state index is -1.27. The first-order valence-corrected chi connectivity index (χ1v) is 17.0. The van der Waals surface area contributed by atoms with Crippen molar-refractivity contribution >= 4 is 29.2 Å². The molecule has 3 aliphatic heterocycles. The molecule has 2 bridgehead atoms. The van der Waals surface area contributed by atoms with E-state index in [1.54, 1.807) is 17.1 Å². The van der Waals surface area contributed by atoms with Gasteiger partial charge in [0, 0.05) is 31.0 Å². The number of hydrogen-bond donors (Lipinski definition) is 1. The SMILES string of the molecule is C=CCCCOC(=O)[C@@H]1[C@H]2C(=O)N([C@H](CO)c3ccccc3)C(C(=O)N(CC=C)c3ccc(N(CC)CC)cc3)C23CC[C@@]1(CC)O3. The lowest BCUT2D eigenvalue weighted by Crippen LogP contribution is -2.57. The molecule has 9 heteroatoms. The van der Waals surface area contributed by atoms with Crippen LogP contribution < -0.4 is 9.80 Å². The number of fused-ring (bicyclic) bond motifs is 1. The van der Waals surface area contributed by atoms with Crippen LogP contribution in [0.15, 0.2) is 79.9 Å². The molecule has 1 N–H and O–H groups in total. The fourth-order valence-electron chi connectivity index (χ4n) is 8.18. The number of likely N-dealkylation sites (tertiary alicyclic amines) is 1. The molecule has 1 spiro atoms. The maximum absolute atomic E-state index is 15.1. The first-order chi connectivity index (χ1) is 22.8. The van der Waals surface area contributed by atoms with Crippen LogP contribution in [0.5, 0.6) is 0 Å². The number of unbranched alkanes of at least 4 members (excludes halogenated alkanes) is 1. The van der Waals surface area contributed by atoms with Gasteiger partial charge in [0.2, 0.25) is 5.91 Å². The lowest BCUT2D eigenvalue weighted by atomic mass is 9.65. The highest BCUT2D eigenvalue weighted by Gasteiger charge is 2.79. The number of hydrogen-bond acceptors (Lipinski definition) is 7. The first-order valence-electron chi connectivity index (χ1n) is 17.0. The van der Waals surface area contributed by atoms with Crippen LogP contribution >= 0.6 is 0 Å². The van der Waals surface area contributed by atoms with Gasteiger partial charge in [0.05, 0.1) is 30.8 Å². The van der Waals surface area contributed by atoms with E-state index in [0.717, 1.165) is 18.8 Å². The average molecular weight is 644 g/mol. The van der Waals surface area contributed by atoms with Crippen LogP contribution in [-0.4, -0.2) is 77.9 Å². The molecule has 6 atom stereocenters. The number of carbonyl (C=O) groups excluding carboxylic acids is 3. The van der Waals surface area contributed by atoms with Crippen molar-refractivity contribution in [2.45, 2.75) is 76.2 Å². The van der Waals surface area contributed by atoms with Crippen molar-refractivity contribution in [3.8, 4) is 0 Å². The van der Waals surface area contributed by atoms with E-state index in [9.17, 15) is 14.7 Å². The number of esters is 1. The van der Waals surface area contributed by atoms with E-state index >= 15 is 4.79 Å². The van der Waals surface area contributed by atoms with Gasteiger partial charge >= 0.3 is 5.97 Å². The summed E-state index contributed by atoms with van der Waals surface area (Å²) in [5, 5.41) is 10.8. The molecule has 0 aromatic heterocycles. The second kappa shape index (κ2) is 14.4. The Morgan fingerprint density at radius 2 is 1.72 bits per heavy atom. The molecule has 2 unspecified atom stereocenters. The van der Waals surface area contributed by atoms with E-state index in [2.05, 4.69) is 31.9 Å². The van der Waals surface area contributed by atoms with Crippen LogP contribution in [-0.2, 0) is 23.9 Å². The molecule has 3 heterocycles. The van der Waals surface area contributed by atoms with Gasteiger partial charge in [-0.3, -0.25) is 14.4 Å². The number of benzene rings is 2. The number of nitrogens with zero attached hydrogens (tertiary/aromatic N) is 3. The van der Waals surface area contributed by atoms with Gasteiger partial charge < -0.3 is 29.3 Å². The largest absolute Gasteiger partial charge is 0.465 e. The minimum Gasteiger partial charge on any atom is -0.465 e. The van der Waals surface area contributed by atoms with Crippen LogP contribution in [0.25, 0.3) is 0 Å². The van der Waals surface area contributed by atoms with E-state index in [4.69, 9.17) is 9.47 Å². The van der Waals surface area contributed by atoms with Crippen molar-refractivity contribution in [2.75, 3.05) is 42.6 Å². The number of carbonyl (C=O) groups is 3. The number of amides is 2. The molecule has 3 fully saturated rings. The van der Waals surface area contributed by atoms with Crippen molar-refractivity contribution in [3.63, 3.8) is 0 Å². The van der Waals surface area contributed by atoms with Gasteiger partial charge in [0.15, 0.2) is 0 Å². The van der Waals surface area contributed by atoms with E-state index in [0.29, 0.717) is 43.4 Å². The molecule has 3 aliphatic rings. The third-order valence-corrected chi connectivity index (χ3v) is 10.5. The molecule has 0 radical (unpaired) electrons. The zero-order chi connectivity index (χ0) is 33.8. The molecular weight excluding hydrogens is 594 g/mol. The second-order valence-electron chi connectivity index (χ2n) is 12.7. The molecule has 2 aromatic rings. The number of anilines is 2. The first kappa shape index (κ1) is 34.4. The Kier molecular flexibility index (Phi) is 10.6. The monoisotopic (exact) mass is 643 g/mol. The van der Waals surface area contributed by atoms with Crippen LogP contribution in [0.3, 0.4) is 0 Å². The normalized spacial score (nSPS) is 26.5. The Hall–Kier alpha value is -3.95. The van der Waals surface area contributed by atoms with Crippen LogP contribution in [0, 0.1) is 11.8 Å². The van der Waals surface area contributed by atoms with E-state index < -0.39 is 47.7 Å². The lowest BCUT2D eigenvalue weighted by Gasteiger charge is -2.39. The Bertz CT molecular complexity index is 1440. The number of aliphatic hydroxyl groups excluding tert-OH is 1. The fraction of sp³-hybridized carbons (Fsp3) is 0.500. The Morgan fingerprint density at radius 3 is 2.32 bits per heavy atom. The Labute approximate surface area is 278 Å². The van der Waals surface area contributed by atoms with E-state index in [-0.39, 0.29) is 25.0 Å². The highest BCUT2D eigenvalue weighted by atomic mass is 16.6. The standard InChI is InChI=1S/C38H49N3O6/c1-6-11-15-25-46-36(45)32-31-34(43)41(30(26-42)27-16-13-12-14-17-27)33(38(31)23-22-37(32,8-3)47-38)35(44)40(24-7-2)29-20-18-28(19-21-29)39(9-4)10-5/h6-7,12-14,16-21,30-33,42H,1-2,8-11,15,22-26H2,3-5H3/t30-,31+,32+,33?,37-,38?/m1/s1. The van der Waals surface area contributed by atoms with Crippen molar-refractivity contribution in [2.24, 2.45) is 11.8 Å². The zero-order valence-corrected chi connectivity index (χ0v) is 28.0. The summed E-state index contributed by atoms with van der Waals surface area (Å²) in [5.41, 5.74) is 0.213. The van der Waals surface area contributed by atoms with Crippen molar-refractivity contribution in [1.29, 1.82) is 0 Å². The van der Waals surface area contributed by atoms with Gasteiger partial charge in [-0.05, 0) is 75.8 Å². The molecule has 252 valence electrons. The molecule has 0 aliphatic carbocycles. The second-order valence-corrected chi connectivity index (χ2v) is 12.7. The highest BCUT2D eigenvalue weighted by molar-refractivity contribution is 6.05. The Morgan fingerprint density at radius 1 is 1.04 bits per heavy atom. The van der Waals surface area contributed by atoms with Gasteiger partial charge in [-0.2, -0.15) is 0 Å². The topological polar surface area (TPSA) is 99.6 Å². The summed E-state index contributed by atoms with van der Waals surface area (Å²) in [7, 11) is 0. The van der Waals surface area contributed by atoms with Crippen molar-refractivity contribution in [3.05, 3.63) is 85.5 Å². The lowest BCUT2D eigenvalue weighted by molar-refractivity contribution is -0.162. The average Bonchev–Trinajstić information content (AvgIpc) is 3.71. The van der Waals surface area contributed by atoms with Crippen LogP contribution in [0.4, 0.5) is 11.4 Å². The summed E-state index contributed by atoms with van der Waals surface area (Å²) in [6.07, 6.45) is 6.22. The molecule has 5 rings (SSSR count). The number of aliphatic hydroxyl groups is 1. The van der Waals surface area contributed by atoms with Crippen molar-refractivity contribution < 1.29 is 29.0 Å². The maximum Gasteiger partial charge on any atom is 0.312 e. The fourth-order valence-corrected chi connectivity index (χ4v) is 8.18. The van der Waals surface area contributed by atoms with E-state index in [1.165, 1.54) is 4.90 Å². The minimum absolute atomic E-state index is 0.200. The molecule has 47 heavy (non-hydrogen) atoms. The summed E-state index contributed by atoms with van der Waals surface area (Å²) in [4.78, 5) is 49.2. The van der Waals surface area contributed by atoms with Gasteiger partial charge in [-0.15, -0.1) is 13.2 Å². The Balaban J connectivity index is 1.61. The third-order valence-electron chi connectivity index (χ3n) is 10.5. The molecule has 2 amide bonds. The quantitative estimate of drug-likeness (QED) is 0.148. The van der Waals surface area contributed by atoms with Gasteiger partial charge in [-0.25, -0.2) is 0 Å². The third kappa shape index (κ3) is 5.89. The number of ether oxygens (including phenoxy) is 2. The predicted molar refractivity (Wildman–Crippen MR) is 183 cm³/mol. The maximum atomic E-state index is 15.1. The number of allylic oxidation sites excluding steroid dienone is 1. The summed E-state index contributed by atoms with van der Waals surface area (Å²) in [6.45, 7) is 15.5. The molecular formula is C38H49N3O6. The molecule has 9 nitrogen and oxygen atoms in total. The van der Waals surface area contributed by atoms with Crippen molar-refractivity contribution in [1.82, 2.24) is 4.90 Å². The summed E-state index contributed by atoms with van der Waals surface area (Å²) in [5.74, 6) is -2.97. The van der Waals surface area contributed by atoms with Gasteiger partial charge in [-0.1, -0.05) is 49.4 Å². The summed E-state index contributed by atoms with van der Waals surface area (Å²) in [6, 6.07) is 15.1. The highest BCUT2D eigenvalue weighted by Crippen LogP contribution is 2.65. The van der Waals surface area contributed by atoms with Crippen LogP contribution in [0.2, 0.25) is 0 Å². The van der Waals surface area contributed by atoms with Gasteiger partial charge in [0.1, 0.15) is 17.6 Å². The van der Waals surface area contributed by atoms with Gasteiger partial charge in [0.25, 0.3) is 5.91 Å². The number of rotatable bonds is 16. The van der Waals surface area contributed by atoms with Crippen LogP contribution in [0.1, 0.15) is 64.5 Å². The molecule has 2 aromatic carbocycles. The van der Waals surface area contributed by atoms with E-state index in [1.807, 2.05) is 61.5 Å². The smallest absolute Gasteiger partial charge is 0.312 e.